The van der Waals surface area contributed by atoms with Crippen molar-refractivity contribution in [2.45, 2.75) is 19.9 Å². The second kappa shape index (κ2) is 8.59. The van der Waals surface area contributed by atoms with Crippen LogP contribution < -0.4 is 26.6 Å². The molecule has 0 aliphatic heterocycles. The molecule has 0 atom stereocenters. The standard InChI is InChI=1S/C15H18Cl2N6O2/c1-8(2)21-14-13(18)15(20-7-19-14)23-22-12(24)6-25-11-4-3-9(16)5-10(11)17/h3-5,7-8H,6,18H2,1-2H3,(H,22,24)(H2,19,20,21,23). The molecule has 8 nitrogen and oxygen atoms in total. The molecule has 0 aliphatic rings. The van der Waals surface area contributed by atoms with Gasteiger partial charge in [0.05, 0.1) is 5.02 Å². The van der Waals surface area contributed by atoms with Crippen molar-refractivity contribution in [3.63, 3.8) is 0 Å². The third-order valence-electron chi connectivity index (χ3n) is 2.88. The molecule has 1 aromatic carbocycles. The highest BCUT2D eigenvalue weighted by Crippen LogP contribution is 2.27. The van der Waals surface area contributed by atoms with E-state index in [4.69, 9.17) is 33.7 Å². The van der Waals surface area contributed by atoms with Gasteiger partial charge in [0, 0.05) is 11.1 Å². The number of hydrazine groups is 1. The number of halogens is 2. The zero-order valence-electron chi connectivity index (χ0n) is 13.6. The van der Waals surface area contributed by atoms with Crippen LogP contribution in [0.3, 0.4) is 0 Å². The zero-order chi connectivity index (χ0) is 18.4. The quantitative estimate of drug-likeness (QED) is 0.542. The van der Waals surface area contributed by atoms with Crippen molar-refractivity contribution in [2.75, 3.05) is 23.1 Å². The predicted octanol–water partition coefficient (Wildman–Crippen LogP) is 2.71. The summed E-state index contributed by atoms with van der Waals surface area (Å²) in [5.41, 5.74) is 11.3. The first-order chi connectivity index (χ1) is 11.9. The van der Waals surface area contributed by atoms with Crippen LogP contribution in [0.25, 0.3) is 0 Å². The highest BCUT2D eigenvalue weighted by Gasteiger charge is 2.11. The third kappa shape index (κ3) is 5.54. The molecule has 5 N–H and O–H groups in total. The Morgan fingerprint density at radius 2 is 2.00 bits per heavy atom. The number of nitrogen functional groups attached to an aromatic ring is 1. The minimum atomic E-state index is -0.442. The summed E-state index contributed by atoms with van der Waals surface area (Å²) in [6, 6.07) is 4.87. The maximum absolute atomic E-state index is 11.9. The van der Waals surface area contributed by atoms with Gasteiger partial charge in [0.25, 0.3) is 5.91 Å². The molecule has 1 heterocycles. The molecule has 0 aliphatic carbocycles. The average molecular weight is 385 g/mol. The number of carbonyl (C=O) groups excluding carboxylic acids is 1. The Labute approximate surface area is 155 Å². The topological polar surface area (TPSA) is 114 Å². The fraction of sp³-hybridized carbons (Fsp3) is 0.267. The zero-order valence-corrected chi connectivity index (χ0v) is 15.1. The molecule has 134 valence electrons. The van der Waals surface area contributed by atoms with Gasteiger partial charge >= 0.3 is 0 Å². The van der Waals surface area contributed by atoms with E-state index >= 15 is 0 Å². The van der Waals surface area contributed by atoms with Crippen molar-refractivity contribution in [1.29, 1.82) is 0 Å². The molecular weight excluding hydrogens is 367 g/mol. The molecule has 0 fully saturated rings. The molecule has 0 radical (unpaired) electrons. The number of nitrogens with two attached hydrogens (primary N) is 1. The SMILES string of the molecule is CC(C)Nc1ncnc(NNC(=O)COc2ccc(Cl)cc2Cl)c1N. The van der Waals surface area contributed by atoms with Gasteiger partial charge in [-0.2, -0.15) is 0 Å². The van der Waals surface area contributed by atoms with Gasteiger partial charge in [-0.25, -0.2) is 9.97 Å². The van der Waals surface area contributed by atoms with E-state index in [1.807, 2.05) is 13.8 Å². The minimum absolute atomic E-state index is 0.150. The number of nitrogens with one attached hydrogen (secondary N) is 3. The van der Waals surface area contributed by atoms with Crippen LogP contribution in [-0.2, 0) is 4.79 Å². The van der Waals surface area contributed by atoms with E-state index in [0.29, 0.717) is 21.6 Å². The van der Waals surface area contributed by atoms with E-state index in [2.05, 4.69) is 26.1 Å². The van der Waals surface area contributed by atoms with Gasteiger partial charge in [0.1, 0.15) is 17.8 Å². The monoisotopic (exact) mass is 384 g/mol. The summed E-state index contributed by atoms with van der Waals surface area (Å²) in [5, 5.41) is 3.88. The fourth-order valence-electron chi connectivity index (χ4n) is 1.78. The van der Waals surface area contributed by atoms with Crippen molar-refractivity contribution < 1.29 is 9.53 Å². The number of aromatic nitrogens is 2. The summed E-state index contributed by atoms with van der Waals surface area (Å²) in [6.45, 7) is 3.65. The maximum Gasteiger partial charge on any atom is 0.276 e. The normalized spacial score (nSPS) is 10.4. The molecule has 10 heteroatoms. The molecule has 0 spiro atoms. The van der Waals surface area contributed by atoms with Gasteiger partial charge in [0.2, 0.25) is 0 Å². The van der Waals surface area contributed by atoms with E-state index in [9.17, 15) is 4.79 Å². The van der Waals surface area contributed by atoms with Crippen LogP contribution in [0.1, 0.15) is 13.8 Å². The van der Waals surface area contributed by atoms with E-state index in [1.54, 1.807) is 12.1 Å². The van der Waals surface area contributed by atoms with Crippen molar-refractivity contribution >= 4 is 46.4 Å². The Hall–Kier alpha value is -2.45. The Morgan fingerprint density at radius 1 is 1.28 bits per heavy atom. The summed E-state index contributed by atoms with van der Waals surface area (Å²) in [6.07, 6.45) is 1.33. The van der Waals surface area contributed by atoms with Crippen LogP contribution in [0.4, 0.5) is 17.3 Å². The average Bonchev–Trinajstić information content (AvgIpc) is 2.54. The van der Waals surface area contributed by atoms with Crippen molar-refractivity contribution in [3.8, 4) is 5.75 Å². The first-order valence-electron chi connectivity index (χ1n) is 7.36. The first kappa shape index (κ1) is 18.9. The Kier molecular flexibility index (Phi) is 6.49. The summed E-state index contributed by atoms with van der Waals surface area (Å²) in [7, 11) is 0. The number of benzene rings is 1. The summed E-state index contributed by atoms with van der Waals surface area (Å²) in [5.74, 6) is 0.663. The molecule has 2 aromatic rings. The Bertz CT molecular complexity index is 757. The summed E-state index contributed by atoms with van der Waals surface area (Å²) >= 11 is 11.8. The van der Waals surface area contributed by atoms with Gasteiger partial charge in [-0.1, -0.05) is 23.2 Å². The fourth-order valence-corrected chi connectivity index (χ4v) is 2.25. The number of nitrogens with zero attached hydrogens (tertiary/aromatic N) is 2. The van der Waals surface area contributed by atoms with Crippen LogP contribution in [-0.4, -0.2) is 28.5 Å². The van der Waals surface area contributed by atoms with Gasteiger partial charge in [-0.15, -0.1) is 0 Å². The molecule has 0 unspecified atom stereocenters. The van der Waals surface area contributed by atoms with E-state index in [-0.39, 0.29) is 24.2 Å². The Morgan fingerprint density at radius 3 is 2.68 bits per heavy atom. The number of hydrogen-bond acceptors (Lipinski definition) is 7. The molecule has 0 saturated carbocycles. The predicted molar refractivity (Wildman–Crippen MR) is 98.9 cm³/mol. The van der Waals surface area contributed by atoms with Crippen LogP contribution in [0, 0.1) is 0 Å². The molecular formula is C15H18Cl2N6O2. The summed E-state index contributed by atoms with van der Waals surface area (Å²) < 4.78 is 5.33. The van der Waals surface area contributed by atoms with Crippen molar-refractivity contribution in [1.82, 2.24) is 15.4 Å². The lowest BCUT2D eigenvalue weighted by Crippen LogP contribution is -2.34. The number of carbonyl (C=O) groups is 1. The second-order valence-electron chi connectivity index (χ2n) is 5.32. The molecule has 2 rings (SSSR count). The van der Waals surface area contributed by atoms with Gasteiger partial charge in [0.15, 0.2) is 18.2 Å². The lowest BCUT2D eigenvalue weighted by Gasteiger charge is -2.15. The van der Waals surface area contributed by atoms with Gasteiger partial charge in [-0.3, -0.25) is 15.6 Å². The van der Waals surface area contributed by atoms with Gasteiger partial charge < -0.3 is 15.8 Å². The molecule has 1 amide bonds. The molecule has 1 aromatic heterocycles. The highest BCUT2D eigenvalue weighted by molar-refractivity contribution is 6.35. The van der Waals surface area contributed by atoms with Crippen LogP contribution in [0.2, 0.25) is 10.0 Å². The van der Waals surface area contributed by atoms with E-state index in [0.717, 1.165) is 0 Å². The smallest absolute Gasteiger partial charge is 0.276 e. The van der Waals surface area contributed by atoms with E-state index < -0.39 is 5.91 Å². The van der Waals surface area contributed by atoms with Crippen LogP contribution >= 0.6 is 23.2 Å². The first-order valence-corrected chi connectivity index (χ1v) is 8.12. The number of rotatable bonds is 7. The summed E-state index contributed by atoms with van der Waals surface area (Å²) in [4.78, 5) is 19.9. The number of ether oxygens (including phenoxy) is 1. The highest BCUT2D eigenvalue weighted by atomic mass is 35.5. The lowest BCUT2D eigenvalue weighted by atomic mass is 10.3. The molecule has 25 heavy (non-hydrogen) atoms. The largest absolute Gasteiger partial charge is 0.482 e. The number of hydrogen-bond donors (Lipinski definition) is 4. The van der Waals surface area contributed by atoms with Crippen molar-refractivity contribution in [2.24, 2.45) is 0 Å². The minimum Gasteiger partial charge on any atom is -0.482 e. The van der Waals surface area contributed by atoms with Crippen LogP contribution in [0.15, 0.2) is 24.5 Å². The van der Waals surface area contributed by atoms with Crippen molar-refractivity contribution in [3.05, 3.63) is 34.6 Å². The van der Waals surface area contributed by atoms with E-state index in [1.165, 1.54) is 12.4 Å². The molecule has 0 bridgehead atoms. The number of amides is 1. The maximum atomic E-state index is 11.9. The van der Waals surface area contributed by atoms with Crippen LogP contribution in [0.5, 0.6) is 5.75 Å². The second-order valence-corrected chi connectivity index (χ2v) is 6.16. The lowest BCUT2D eigenvalue weighted by molar-refractivity contribution is -0.122. The molecule has 0 saturated heterocycles. The van der Waals surface area contributed by atoms with Gasteiger partial charge in [-0.05, 0) is 32.0 Å². The third-order valence-corrected chi connectivity index (χ3v) is 3.41. The number of anilines is 3. The Balaban J connectivity index is 1.89.